The molecule has 0 spiro atoms. The summed E-state index contributed by atoms with van der Waals surface area (Å²) in [5, 5.41) is 38.4. The van der Waals surface area contributed by atoms with Crippen LogP contribution in [0, 0.1) is 28.4 Å². The van der Waals surface area contributed by atoms with Crippen molar-refractivity contribution < 1.29 is 10.0 Å². The number of nitrogens with zero attached hydrogens (tertiary/aromatic N) is 6. The number of pyridine rings is 2. The van der Waals surface area contributed by atoms with Gasteiger partial charge in [-0.3, -0.25) is 24.5 Å². The summed E-state index contributed by atoms with van der Waals surface area (Å²) in [5.74, 6) is -0.490. The van der Waals surface area contributed by atoms with Crippen LogP contribution in [0.25, 0.3) is 0 Å². The van der Waals surface area contributed by atoms with Crippen LogP contribution in [0.3, 0.4) is 0 Å². The van der Waals surface area contributed by atoms with E-state index >= 15 is 0 Å². The maximum atomic E-state index is 12.9. The smallest absolute Gasteiger partial charge is 0.281 e. The predicted octanol–water partition coefficient (Wildman–Crippen LogP) is 4.15. The molecule has 30 heavy (non-hydrogen) atoms. The predicted molar refractivity (Wildman–Crippen MR) is 107 cm³/mol. The third-order valence-electron chi connectivity index (χ3n) is 4.23. The number of halogens is 1. The van der Waals surface area contributed by atoms with Gasteiger partial charge in [0.1, 0.15) is 17.3 Å². The molecule has 1 N–H and O–H groups in total. The molecule has 0 fully saturated rings. The number of nitro benzene ring substituents is 1. The minimum absolute atomic E-state index is 0.0272. The van der Waals surface area contributed by atoms with Gasteiger partial charge in [-0.2, -0.15) is 5.26 Å². The molecule has 150 valence electrons. The summed E-state index contributed by atoms with van der Waals surface area (Å²) in [4.78, 5) is 27.1. The highest BCUT2D eigenvalue weighted by Crippen LogP contribution is 2.31. The summed E-state index contributed by atoms with van der Waals surface area (Å²) >= 11 is 6.00. The average molecular weight is 425 g/mol. The van der Waals surface area contributed by atoms with Crippen molar-refractivity contribution in [2.24, 2.45) is 10.2 Å². The van der Waals surface area contributed by atoms with Gasteiger partial charge >= 0.3 is 0 Å². The molecule has 10 nitrogen and oxygen atoms in total. The van der Waals surface area contributed by atoms with Crippen LogP contribution < -0.4 is 5.56 Å². The first-order valence-electron chi connectivity index (χ1n) is 8.44. The van der Waals surface area contributed by atoms with Crippen molar-refractivity contribution in [1.82, 2.24) is 9.55 Å². The van der Waals surface area contributed by atoms with Gasteiger partial charge in [-0.05, 0) is 24.6 Å². The Hall–Kier alpha value is -4.10. The molecular weight excluding hydrogens is 412 g/mol. The lowest BCUT2D eigenvalue weighted by molar-refractivity contribution is -0.384. The lowest BCUT2D eigenvalue weighted by atomic mass is 10.1. The fraction of sp³-hybridized carbons (Fsp3) is 0.105. The SMILES string of the molecule is Cc1c(C#N)c(O)n(Cc2cccnc2)c(=O)c1N=Nc1ccc([N+](=O)[O-])cc1Cl. The molecule has 0 bridgehead atoms. The van der Waals surface area contributed by atoms with Crippen LogP contribution in [0.4, 0.5) is 17.1 Å². The molecule has 0 saturated heterocycles. The van der Waals surface area contributed by atoms with Gasteiger partial charge in [-0.15, -0.1) is 10.2 Å². The summed E-state index contributed by atoms with van der Waals surface area (Å²) in [7, 11) is 0. The molecular formula is C19H13ClN6O4. The van der Waals surface area contributed by atoms with Crippen LogP contribution in [-0.4, -0.2) is 19.6 Å². The Morgan fingerprint density at radius 2 is 2.13 bits per heavy atom. The van der Waals surface area contributed by atoms with Crippen LogP contribution in [0.1, 0.15) is 16.7 Å². The molecule has 0 amide bonds. The average Bonchev–Trinajstić information content (AvgIpc) is 2.73. The Kier molecular flexibility index (Phi) is 5.85. The molecule has 0 atom stereocenters. The van der Waals surface area contributed by atoms with Gasteiger partial charge in [0.2, 0.25) is 5.88 Å². The zero-order chi connectivity index (χ0) is 21.8. The number of hydrogen-bond donors (Lipinski definition) is 1. The van der Waals surface area contributed by atoms with E-state index < -0.39 is 16.4 Å². The molecule has 3 rings (SSSR count). The topological polar surface area (TPSA) is 147 Å². The van der Waals surface area contributed by atoms with Crippen molar-refractivity contribution in [2.45, 2.75) is 13.5 Å². The van der Waals surface area contributed by atoms with Crippen molar-refractivity contribution >= 4 is 28.7 Å². The molecule has 0 radical (unpaired) electrons. The summed E-state index contributed by atoms with van der Waals surface area (Å²) in [6.07, 6.45) is 3.09. The Morgan fingerprint density at radius 3 is 2.73 bits per heavy atom. The molecule has 2 heterocycles. The number of rotatable bonds is 5. The fourth-order valence-corrected chi connectivity index (χ4v) is 2.88. The number of aromatic nitrogens is 2. The molecule has 2 aromatic heterocycles. The largest absolute Gasteiger partial charge is 0.493 e. The van der Waals surface area contributed by atoms with E-state index in [2.05, 4.69) is 15.2 Å². The third kappa shape index (κ3) is 4.01. The first-order chi connectivity index (χ1) is 14.3. The van der Waals surface area contributed by atoms with E-state index in [0.29, 0.717) is 5.56 Å². The molecule has 0 aliphatic rings. The van der Waals surface area contributed by atoms with E-state index in [4.69, 9.17) is 11.6 Å². The van der Waals surface area contributed by atoms with Crippen LogP contribution in [0.5, 0.6) is 5.88 Å². The van der Waals surface area contributed by atoms with Crippen molar-refractivity contribution in [3.63, 3.8) is 0 Å². The van der Waals surface area contributed by atoms with Crippen LogP contribution in [0.2, 0.25) is 5.02 Å². The first-order valence-corrected chi connectivity index (χ1v) is 8.82. The van der Waals surface area contributed by atoms with Gasteiger partial charge in [-0.25, -0.2) is 0 Å². The van der Waals surface area contributed by atoms with Gasteiger partial charge in [0.15, 0.2) is 5.69 Å². The Morgan fingerprint density at radius 1 is 1.37 bits per heavy atom. The number of nitro groups is 1. The Bertz CT molecular complexity index is 1260. The van der Waals surface area contributed by atoms with Crippen molar-refractivity contribution in [3.05, 3.63) is 84.9 Å². The fourth-order valence-electron chi connectivity index (χ4n) is 2.67. The summed E-state index contributed by atoms with van der Waals surface area (Å²) in [6.45, 7) is 1.42. The molecule has 1 aromatic carbocycles. The molecule has 0 unspecified atom stereocenters. The quantitative estimate of drug-likeness (QED) is 0.369. The van der Waals surface area contributed by atoms with E-state index in [9.17, 15) is 25.3 Å². The van der Waals surface area contributed by atoms with E-state index in [1.54, 1.807) is 18.3 Å². The third-order valence-corrected chi connectivity index (χ3v) is 4.54. The van der Waals surface area contributed by atoms with Gasteiger partial charge in [-0.1, -0.05) is 17.7 Å². The van der Waals surface area contributed by atoms with Crippen LogP contribution >= 0.6 is 11.6 Å². The highest BCUT2D eigenvalue weighted by atomic mass is 35.5. The van der Waals surface area contributed by atoms with E-state index in [0.717, 1.165) is 10.6 Å². The highest BCUT2D eigenvalue weighted by molar-refractivity contribution is 6.33. The normalized spacial score (nSPS) is 10.8. The van der Waals surface area contributed by atoms with E-state index in [1.807, 2.05) is 6.07 Å². The first kappa shape index (κ1) is 20.6. The number of azo groups is 1. The van der Waals surface area contributed by atoms with Crippen LogP contribution in [-0.2, 0) is 6.54 Å². The zero-order valence-electron chi connectivity index (χ0n) is 15.5. The monoisotopic (exact) mass is 424 g/mol. The molecule has 0 aliphatic carbocycles. The molecule has 0 aliphatic heterocycles. The zero-order valence-corrected chi connectivity index (χ0v) is 16.2. The lowest BCUT2D eigenvalue weighted by Crippen LogP contribution is -2.22. The second-order valence-electron chi connectivity index (χ2n) is 6.13. The Labute approximate surface area is 174 Å². The van der Waals surface area contributed by atoms with Gasteiger partial charge < -0.3 is 5.11 Å². The number of benzene rings is 1. The second kappa shape index (κ2) is 8.50. The van der Waals surface area contributed by atoms with Gasteiger partial charge in [0, 0.05) is 30.1 Å². The van der Waals surface area contributed by atoms with Crippen molar-refractivity contribution in [2.75, 3.05) is 0 Å². The van der Waals surface area contributed by atoms with Crippen LogP contribution in [0.15, 0.2) is 57.7 Å². The maximum Gasteiger partial charge on any atom is 0.281 e. The summed E-state index contributed by atoms with van der Waals surface area (Å²) < 4.78 is 0.994. The van der Waals surface area contributed by atoms with Gasteiger partial charge in [0.25, 0.3) is 11.2 Å². The summed E-state index contributed by atoms with van der Waals surface area (Å²) in [6, 6.07) is 8.85. The summed E-state index contributed by atoms with van der Waals surface area (Å²) in [5.41, 5.74) is -0.301. The highest BCUT2D eigenvalue weighted by Gasteiger charge is 2.19. The van der Waals surface area contributed by atoms with Crippen molar-refractivity contribution in [1.29, 1.82) is 5.26 Å². The van der Waals surface area contributed by atoms with Gasteiger partial charge in [0.05, 0.1) is 16.5 Å². The number of nitriles is 1. The lowest BCUT2D eigenvalue weighted by Gasteiger charge is -2.13. The second-order valence-corrected chi connectivity index (χ2v) is 6.54. The standard InChI is InChI=1S/C19H13ClN6O4/c1-11-14(8-21)18(27)25(10-12-3-2-6-22-9-12)19(28)17(11)24-23-16-5-4-13(26(29)30)7-15(16)20/h2-7,9,27H,10H2,1H3. The number of hydrogen-bond acceptors (Lipinski definition) is 8. The minimum atomic E-state index is -0.672. The number of non-ortho nitro benzene ring substituents is 1. The van der Waals surface area contributed by atoms with E-state index in [-0.39, 0.29) is 39.8 Å². The minimum Gasteiger partial charge on any atom is -0.493 e. The molecule has 0 saturated carbocycles. The van der Waals surface area contributed by atoms with Crippen molar-refractivity contribution in [3.8, 4) is 11.9 Å². The Balaban J connectivity index is 2.10. The maximum absolute atomic E-state index is 12.9. The van der Waals surface area contributed by atoms with E-state index in [1.165, 1.54) is 25.3 Å². The number of aromatic hydroxyl groups is 1. The molecule has 11 heteroatoms. The molecule has 3 aromatic rings.